The quantitative estimate of drug-likeness (QED) is 0.366. The van der Waals surface area contributed by atoms with Crippen LogP contribution in [0.4, 0.5) is 4.79 Å². The summed E-state index contributed by atoms with van der Waals surface area (Å²) in [6, 6.07) is 8.22. The van der Waals surface area contributed by atoms with Gasteiger partial charge in [0.05, 0.1) is 12.6 Å². The molecule has 162 valence electrons. The summed E-state index contributed by atoms with van der Waals surface area (Å²) in [7, 11) is 0. The number of aliphatic imine (C=N–C) groups is 1. The number of fused-ring (bicyclic) bond motifs is 1. The van der Waals surface area contributed by atoms with E-state index in [4.69, 9.17) is 14.5 Å². The molecule has 2 N–H and O–H groups in total. The maximum Gasteiger partial charge on any atom is 0.407 e. The molecule has 0 bridgehead atoms. The topological polar surface area (TPSA) is 75.2 Å². The maximum atomic E-state index is 12.0. The highest BCUT2D eigenvalue weighted by Gasteiger charge is 2.28. The summed E-state index contributed by atoms with van der Waals surface area (Å²) >= 11 is 0. The maximum absolute atomic E-state index is 12.0. The minimum atomic E-state index is -0.488. The van der Waals surface area contributed by atoms with Gasteiger partial charge in [0.25, 0.3) is 0 Å². The van der Waals surface area contributed by atoms with Crippen LogP contribution in [0, 0.1) is 0 Å². The highest BCUT2D eigenvalue weighted by molar-refractivity contribution is 14.0. The molecule has 0 saturated carbocycles. The predicted molar refractivity (Wildman–Crippen MR) is 125 cm³/mol. The fourth-order valence-electron chi connectivity index (χ4n) is 3.51. The summed E-state index contributed by atoms with van der Waals surface area (Å²) in [6.07, 6.45) is 1.47. The number of carbonyl (C=O) groups is 1. The molecule has 1 amide bonds. The highest BCUT2D eigenvalue weighted by atomic mass is 127. The van der Waals surface area contributed by atoms with Crippen LogP contribution < -0.4 is 15.4 Å². The van der Waals surface area contributed by atoms with Gasteiger partial charge in [-0.25, -0.2) is 9.79 Å². The van der Waals surface area contributed by atoms with Crippen molar-refractivity contribution in [2.24, 2.45) is 4.99 Å². The third-order valence-corrected chi connectivity index (χ3v) is 4.70. The lowest BCUT2D eigenvalue weighted by Gasteiger charge is -2.23. The van der Waals surface area contributed by atoms with Gasteiger partial charge >= 0.3 is 6.09 Å². The van der Waals surface area contributed by atoms with Crippen LogP contribution in [0.15, 0.2) is 29.3 Å². The average molecular weight is 516 g/mol. The van der Waals surface area contributed by atoms with Crippen molar-refractivity contribution in [2.45, 2.75) is 58.3 Å². The van der Waals surface area contributed by atoms with Crippen LogP contribution in [-0.2, 0) is 11.2 Å². The molecule has 29 heavy (non-hydrogen) atoms. The molecule has 0 aromatic heterocycles. The summed E-state index contributed by atoms with van der Waals surface area (Å²) < 4.78 is 11.3. The molecule has 8 heteroatoms. The Morgan fingerprint density at radius 1 is 1.34 bits per heavy atom. The van der Waals surface area contributed by atoms with Crippen LogP contribution in [0.2, 0.25) is 0 Å². The van der Waals surface area contributed by atoms with Crippen molar-refractivity contribution in [2.75, 3.05) is 26.2 Å². The molecule has 3 rings (SSSR count). The molecule has 2 unspecified atom stereocenters. The third kappa shape index (κ3) is 6.94. The Bertz CT molecular complexity index is 695. The molecule has 1 saturated heterocycles. The van der Waals surface area contributed by atoms with Crippen molar-refractivity contribution < 1.29 is 14.3 Å². The highest BCUT2D eigenvalue weighted by Crippen LogP contribution is 2.28. The Kier molecular flexibility index (Phi) is 8.42. The number of nitrogens with zero attached hydrogens (tertiary/aromatic N) is 2. The molecule has 0 radical (unpaired) electrons. The number of para-hydroxylation sites is 1. The van der Waals surface area contributed by atoms with Gasteiger partial charge in [0.15, 0.2) is 5.96 Å². The summed E-state index contributed by atoms with van der Waals surface area (Å²) in [6.45, 7) is 10.6. The lowest BCUT2D eigenvalue weighted by atomic mass is 10.1. The first-order valence-corrected chi connectivity index (χ1v) is 10.1. The average Bonchev–Trinajstić information content (AvgIpc) is 3.23. The minimum Gasteiger partial charge on any atom is -0.488 e. The number of hydrogen-bond acceptors (Lipinski definition) is 4. The SMILES string of the molecule is CCNC(=NCC1Cc2ccccc2O1)N1CCC(NC(=O)OC(C)(C)C)C1.I. The van der Waals surface area contributed by atoms with Crippen molar-refractivity contribution in [1.29, 1.82) is 0 Å². The van der Waals surface area contributed by atoms with Gasteiger partial charge in [0.1, 0.15) is 17.5 Å². The Hall–Kier alpha value is -1.71. The normalized spacial score (nSPS) is 21.1. The molecule has 0 spiro atoms. The second-order valence-electron chi connectivity index (χ2n) is 8.32. The zero-order valence-corrected chi connectivity index (χ0v) is 20.1. The second-order valence-corrected chi connectivity index (χ2v) is 8.32. The number of guanidine groups is 1. The van der Waals surface area contributed by atoms with Gasteiger partial charge < -0.3 is 25.0 Å². The summed E-state index contributed by atoms with van der Waals surface area (Å²) in [5.74, 6) is 1.84. The van der Waals surface area contributed by atoms with Crippen LogP contribution in [0.1, 0.15) is 39.7 Å². The predicted octanol–water partition coefficient (Wildman–Crippen LogP) is 3.17. The smallest absolute Gasteiger partial charge is 0.407 e. The number of halogens is 1. The van der Waals surface area contributed by atoms with Crippen molar-refractivity contribution in [3.05, 3.63) is 29.8 Å². The first-order valence-electron chi connectivity index (χ1n) is 10.1. The fourth-order valence-corrected chi connectivity index (χ4v) is 3.51. The van der Waals surface area contributed by atoms with E-state index >= 15 is 0 Å². The zero-order valence-electron chi connectivity index (χ0n) is 17.7. The Morgan fingerprint density at radius 2 is 2.10 bits per heavy atom. The molecule has 1 aromatic carbocycles. The van der Waals surface area contributed by atoms with Gasteiger partial charge in [-0.15, -0.1) is 24.0 Å². The van der Waals surface area contributed by atoms with Gasteiger partial charge in [0, 0.05) is 26.1 Å². The number of nitrogens with one attached hydrogen (secondary N) is 2. The van der Waals surface area contributed by atoms with Crippen LogP contribution in [0.5, 0.6) is 5.75 Å². The van der Waals surface area contributed by atoms with Crippen LogP contribution in [-0.4, -0.2) is 60.9 Å². The molecule has 0 aliphatic carbocycles. The third-order valence-electron chi connectivity index (χ3n) is 4.70. The number of benzene rings is 1. The molecule has 2 atom stereocenters. The van der Waals surface area contributed by atoms with Crippen molar-refractivity contribution in [3.63, 3.8) is 0 Å². The number of rotatable bonds is 4. The van der Waals surface area contributed by atoms with E-state index in [1.807, 2.05) is 39.0 Å². The summed E-state index contributed by atoms with van der Waals surface area (Å²) in [5.41, 5.74) is 0.757. The fraction of sp³-hybridized carbons (Fsp3) is 0.619. The van der Waals surface area contributed by atoms with Crippen LogP contribution in [0.25, 0.3) is 0 Å². The lowest BCUT2D eigenvalue weighted by Crippen LogP contribution is -2.44. The number of hydrogen-bond donors (Lipinski definition) is 2. The first kappa shape index (κ1) is 23.6. The number of amides is 1. The molecular weight excluding hydrogens is 483 g/mol. The minimum absolute atomic E-state index is 0. The van der Waals surface area contributed by atoms with Crippen molar-refractivity contribution in [1.82, 2.24) is 15.5 Å². The number of ether oxygens (including phenoxy) is 2. The van der Waals surface area contributed by atoms with E-state index in [-0.39, 0.29) is 42.2 Å². The van der Waals surface area contributed by atoms with Gasteiger partial charge in [-0.3, -0.25) is 0 Å². The molecule has 2 aliphatic heterocycles. The Morgan fingerprint density at radius 3 is 2.79 bits per heavy atom. The molecular formula is C21H33IN4O3. The standard InChI is InChI=1S/C21H32N4O3.HI/c1-5-22-19(23-13-17-12-15-8-6-7-9-18(15)27-17)25-11-10-16(14-25)24-20(26)28-21(2,3)4;/h6-9,16-17H,5,10-14H2,1-4H3,(H,22,23)(H,24,26);1H. The van der Waals surface area contributed by atoms with E-state index in [0.717, 1.165) is 44.2 Å². The zero-order chi connectivity index (χ0) is 20.1. The molecule has 7 nitrogen and oxygen atoms in total. The number of likely N-dealkylation sites (tertiary alicyclic amines) is 1. The first-order chi connectivity index (χ1) is 13.3. The van der Waals surface area contributed by atoms with E-state index in [2.05, 4.69) is 28.5 Å². The number of alkyl carbamates (subject to hydrolysis) is 1. The number of carbonyl (C=O) groups excluding carboxylic acids is 1. The van der Waals surface area contributed by atoms with E-state index in [1.54, 1.807) is 0 Å². The molecule has 1 fully saturated rings. The van der Waals surface area contributed by atoms with Gasteiger partial charge in [0.2, 0.25) is 0 Å². The second kappa shape index (κ2) is 10.4. The van der Waals surface area contributed by atoms with E-state index < -0.39 is 5.60 Å². The van der Waals surface area contributed by atoms with E-state index in [9.17, 15) is 4.79 Å². The molecule has 2 heterocycles. The van der Waals surface area contributed by atoms with Gasteiger partial charge in [-0.2, -0.15) is 0 Å². The van der Waals surface area contributed by atoms with Crippen molar-refractivity contribution in [3.8, 4) is 5.75 Å². The van der Waals surface area contributed by atoms with E-state index in [1.165, 1.54) is 5.56 Å². The van der Waals surface area contributed by atoms with E-state index in [0.29, 0.717) is 6.54 Å². The van der Waals surface area contributed by atoms with Gasteiger partial charge in [-0.05, 0) is 45.7 Å². The molecule has 2 aliphatic rings. The monoisotopic (exact) mass is 516 g/mol. The van der Waals surface area contributed by atoms with Crippen molar-refractivity contribution >= 4 is 36.0 Å². The summed E-state index contributed by atoms with van der Waals surface area (Å²) in [4.78, 5) is 19.0. The molecule has 1 aromatic rings. The largest absolute Gasteiger partial charge is 0.488 e. The Balaban J connectivity index is 0.00000300. The van der Waals surface area contributed by atoms with Crippen LogP contribution >= 0.6 is 24.0 Å². The summed E-state index contributed by atoms with van der Waals surface area (Å²) in [5, 5.41) is 6.32. The Labute approximate surface area is 190 Å². The van der Waals surface area contributed by atoms with Gasteiger partial charge in [-0.1, -0.05) is 18.2 Å². The lowest BCUT2D eigenvalue weighted by molar-refractivity contribution is 0.0507. The van der Waals surface area contributed by atoms with Crippen LogP contribution in [0.3, 0.4) is 0 Å².